The Kier molecular flexibility index (Phi) is 6.50. The summed E-state index contributed by atoms with van der Waals surface area (Å²) in [6.07, 6.45) is 0. The summed E-state index contributed by atoms with van der Waals surface area (Å²) in [4.78, 5) is 0. The van der Waals surface area contributed by atoms with Crippen LogP contribution in [0.5, 0.6) is 0 Å². The minimum Gasteiger partial charge on any atom is -0.456 e. The van der Waals surface area contributed by atoms with Crippen LogP contribution in [0.15, 0.2) is 203 Å². The fraction of sp³-hybridized carbons (Fsp3) is 0.0182. The second kappa shape index (κ2) is 11.9. The molecule has 0 unspecified atom stereocenters. The lowest BCUT2D eigenvalue weighted by atomic mass is 9.88. The lowest BCUT2D eigenvalue weighted by Gasteiger charge is -2.14. The third-order valence-corrected chi connectivity index (χ3v) is 12.5. The molecule has 3 nitrogen and oxygen atoms in total. The molecule has 0 amide bonds. The molecular formula is C55H33NO2. The van der Waals surface area contributed by atoms with Crippen LogP contribution in [0.3, 0.4) is 0 Å². The van der Waals surface area contributed by atoms with E-state index in [0.717, 1.165) is 71.8 Å². The zero-order valence-corrected chi connectivity index (χ0v) is 31.3. The van der Waals surface area contributed by atoms with Crippen molar-refractivity contribution < 1.29 is 8.83 Å². The lowest BCUT2D eigenvalue weighted by molar-refractivity contribution is 0.668. The van der Waals surface area contributed by atoms with E-state index in [4.69, 9.17) is 8.83 Å². The lowest BCUT2D eigenvalue weighted by Crippen LogP contribution is -1.98. The summed E-state index contributed by atoms with van der Waals surface area (Å²) in [5.74, 6) is 0.187. The van der Waals surface area contributed by atoms with Crippen LogP contribution in [-0.4, -0.2) is 4.57 Å². The van der Waals surface area contributed by atoms with E-state index in [1.165, 1.54) is 49.6 Å². The van der Waals surface area contributed by atoms with Gasteiger partial charge in [0.1, 0.15) is 22.3 Å². The van der Waals surface area contributed by atoms with Crippen molar-refractivity contribution >= 4 is 65.7 Å². The van der Waals surface area contributed by atoms with Crippen LogP contribution < -0.4 is 0 Å². The molecular weight excluding hydrogens is 707 g/mol. The molecule has 3 heteroatoms. The average molecular weight is 740 g/mol. The van der Waals surface area contributed by atoms with Gasteiger partial charge in [-0.1, -0.05) is 121 Å². The third kappa shape index (κ3) is 4.56. The van der Waals surface area contributed by atoms with Gasteiger partial charge < -0.3 is 13.4 Å². The summed E-state index contributed by atoms with van der Waals surface area (Å²) < 4.78 is 15.2. The van der Waals surface area contributed by atoms with Gasteiger partial charge in [-0.05, 0) is 123 Å². The van der Waals surface area contributed by atoms with E-state index in [0.29, 0.717) is 0 Å². The summed E-state index contributed by atoms with van der Waals surface area (Å²) in [5, 5.41) is 6.99. The van der Waals surface area contributed by atoms with Gasteiger partial charge >= 0.3 is 0 Å². The highest BCUT2D eigenvalue weighted by Crippen LogP contribution is 2.49. The number of para-hydroxylation sites is 2. The van der Waals surface area contributed by atoms with Gasteiger partial charge in [-0.2, -0.15) is 0 Å². The summed E-state index contributed by atoms with van der Waals surface area (Å²) in [6.45, 7) is 0. The van der Waals surface area contributed by atoms with Crippen molar-refractivity contribution in [2.24, 2.45) is 0 Å². The molecule has 3 aromatic heterocycles. The van der Waals surface area contributed by atoms with E-state index in [2.05, 4.69) is 199 Å². The van der Waals surface area contributed by atoms with Crippen LogP contribution in [0.1, 0.15) is 22.6 Å². The van der Waals surface area contributed by atoms with E-state index in [1.807, 2.05) is 0 Å². The van der Waals surface area contributed by atoms with Gasteiger partial charge in [0.2, 0.25) is 0 Å². The zero-order chi connectivity index (χ0) is 37.9. The predicted octanol–water partition coefficient (Wildman–Crippen LogP) is 15.1. The van der Waals surface area contributed by atoms with E-state index >= 15 is 0 Å². The quantitative estimate of drug-likeness (QED) is 0.180. The van der Waals surface area contributed by atoms with Crippen molar-refractivity contribution in [3.05, 3.63) is 211 Å². The number of nitrogens with zero attached hydrogens (tertiary/aromatic N) is 1. The second-order valence-electron chi connectivity index (χ2n) is 15.6. The maximum Gasteiger partial charge on any atom is 0.135 e. The summed E-state index contributed by atoms with van der Waals surface area (Å²) in [7, 11) is 0. The van der Waals surface area contributed by atoms with Crippen molar-refractivity contribution in [1.82, 2.24) is 4.57 Å². The highest BCUT2D eigenvalue weighted by molar-refractivity contribution is 6.11. The van der Waals surface area contributed by atoms with Gasteiger partial charge in [-0.15, -0.1) is 0 Å². The number of rotatable bonds is 4. The molecule has 1 aliphatic carbocycles. The molecule has 1 aliphatic rings. The first-order valence-corrected chi connectivity index (χ1v) is 19.9. The van der Waals surface area contributed by atoms with Gasteiger partial charge in [-0.25, -0.2) is 0 Å². The Labute approximate surface area is 333 Å². The first-order chi connectivity index (χ1) is 28.7. The Hall–Kier alpha value is -7.62. The Morgan fingerprint density at radius 1 is 0.328 bits per heavy atom. The van der Waals surface area contributed by atoms with Gasteiger partial charge in [0.05, 0.1) is 11.0 Å². The highest BCUT2D eigenvalue weighted by Gasteiger charge is 2.29. The zero-order valence-electron chi connectivity index (χ0n) is 31.3. The van der Waals surface area contributed by atoms with Crippen LogP contribution in [0, 0.1) is 0 Å². The smallest absolute Gasteiger partial charge is 0.135 e. The molecule has 0 saturated heterocycles. The van der Waals surface area contributed by atoms with Gasteiger partial charge in [0.15, 0.2) is 0 Å². The maximum atomic E-state index is 6.43. The van der Waals surface area contributed by atoms with Crippen molar-refractivity contribution in [2.75, 3.05) is 0 Å². The Balaban J connectivity index is 0.895. The highest BCUT2D eigenvalue weighted by atomic mass is 16.3. The standard InChI is InChI=1S/C55H33NO2/c1-3-16-43-39(12-1)40-13-2-4-17-44(40)55(43)37-22-26-53-47(31-37)45-29-35(20-24-51(45)57-53)33-10-9-11-34(28-33)36-21-25-52-46(30-36)48-32-38(23-27-54(48)58-52)56-49-18-7-5-14-41(49)42-15-6-8-19-50(42)56/h1-32,55H. The Morgan fingerprint density at radius 2 is 0.793 bits per heavy atom. The summed E-state index contributed by atoms with van der Waals surface area (Å²) in [5.41, 5.74) is 18.4. The fourth-order valence-electron chi connectivity index (χ4n) is 9.83. The molecule has 0 atom stereocenters. The minimum absolute atomic E-state index is 0.187. The molecule has 13 rings (SSSR count). The van der Waals surface area contributed by atoms with Crippen LogP contribution >= 0.6 is 0 Å². The van der Waals surface area contributed by atoms with Crippen molar-refractivity contribution in [3.63, 3.8) is 0 Å². The number of aromatic nitrogens is 1. The van der Waals surface area contributed by atoms with Crippen molar-refractivity contribution in [1.29, 1.82) is 0 Å². The molecule has 0 aliphatic heterocycles. The SMILES string of the molecule is c1cc(-c2ccc3oc4ccc(C5c6ccccc6-c6ccccc65)cc4c3c2)cc(-c2ccc3oc4ccc(-n5c6ccccc6c6ccccc65)cc4c3c2)c1. The second-order valence-corrected chi connectivity index (χ2v) is 15.6. The fourth-order valence-corrected chi connectivity index (χ4v) is 9.83. The van der Waals surface area contributed by atoms with Crippen molar-refractivity contribution in [2.45, 2.75) is 5.92 Å². The van der Waals surface area contributed by atoms with Crippen LogP contribution in [0.2, 0.25) is 0 Å². The largest absolute Gasteiger partial charge is 0.456 e. The molecule has 0 spiro atoms. The Bertz CT molecular complexity index is 3550. The molecule has 270 valence electrons. The minimum atomic E-state index is 0.187. The number of benzene rings is 9. The number of hydrogen-bond donors (Lipinski definition) is 0. The van der Waals surface area contributed by atoms with Gasteiger partial charge in [-0.3, -0.25) is 0 Å². The van der Waals surface area contributed by atoms with E-state index in [-0.39, 0.29) is 5.92 Å². The monoisotopic (exact) mass is 739 g/mol. The van der Waals surface area contributed by atoms with Gasteiger partial charge in [0, 0.05) is 43.9 Å². The first-order valence-electron chi connectivity index (χ1n) is 19.9. The van der Waals surface area contributed by atoms with Crippen molar-refractivity contribution in [3.8, 4) is 39.1 Å². The van der Waals surface area contributed by atoms with E-state index < -0.39 is 0 Å². The topological polar surface area (TPSA) is 31.2 Å². The maximum absolute atomic E-state index is 6.43. The summed E-state index contributed by atoms with van der Waals surface area (Å²) >= 11 is 0. The number of furan rings is 2. The van der Waals surface area contributed by atoms with E-state index in [9.17, 15) is 0 Å². The molecule has 0 N–H and O–H groups in total. The molecule has 12 aromatic rings. The van der Waals surface area contributed by atoms with Crippen LogP contribution in [-0.2, 0) is 0 Å². The number of fused-ring (bicyclic) bond motifs is 12. The molecule has 0 bridgehead atoms. The van der Waals surface area contributed by atoms with Crippen LogP contribution in [0.25, 0.3) is 105 Å². The Morgan fingerprint density at radius 3 is 1.40 bits per heavy atom. The molecule has 58 heavy (non-hydrogen) atoms. The number of hydrogen-bond acceptors (Lipinski definition) is 2. The third-order valence-electron chi connectivity index (χ3n) is 12.5. The average Bonchev–Trinajstić information content (AvgIpc) is 4.03. The normalized spacial score (nSPS) is 12.8. The van der Waals surface area contributed by atoms with E-state index in [1.54, 1.807) is 0 Å². The van der Waals surface area contributed by atoms with Crippen LogP contribution in [0.4, 0.5) is 0 Å². The van der Waals surface area contributed by atoms with Gasteiger partial charge in [0.25, 0.3) is 0 Å². The summed E-state index contributed by atoms with van der Waals surface area (Å²) in [6, 6.07) is 70.3. The molecule has 0 saturated carbocycles. The first kappa shape index (κ1) is 31.6. The predicted molar refractivity (Wildman–Crippen MR) is 239 cm³/mol. The molecule has 9 aromatic carbocycles. The molecule has 0 fully saturated rings. The molecule has 0 radical (unpaired) electrons. The molecule has 3 heterocycles.